The Labute approximate surface area is 118 Å². The van der Waals surface area contributed by atoms with E-state index in [2.05, 4.69) is 5.32 Å². The lowest BCUT2D eigenvalue weighted by Crippen LogP contribution is -2.05. The number of nitrogens with one attached hydrogen (secondary N) is 1. The van der Waals surface area contributed by atoms with Gasteiger partial charge < -0.3 is 10.1 Å². The maximum Gasteiger partial charge on any atom is 0.260 e. The fourth-order valence-corrected chi connectivity index (χ4v) is 3.63. The smallest absolute Gasteiger partial charge is 0.260 e. The summed E-state index contributed by atoms with van der Waals surface area (Å²) in [5.41, 5.74) is 2.70. The third kappa shape index (κ3) is 1.47. The highest BCUT2D eigenvalue weighted by atomic mass is 32.1. The Balaban J connectivity index is 1.99. The highest BCUT2D eigenvalue weighted by molar-refractivity contribution is 7.11. The number of ether oxygens (including phenoxy) is 1. The van der Waals surface area contributed by atoms with Crippen LogP contribution in [0.2, 0.25) is 0 Å². The minimum Gasteiger partial charge on any atom is -0.484 e. The molecule has 0 bridgehead atoms. The zero-order valence-electron chi connectivity index (χ0n) is 10.6. The molecule has 1 atom stereocenters. The van der Waals surface area contributed by atoms with Crippen molar-refractivity contribution in [3.63, 3.8) is 0 Å². The van der Waals surface area contributed by atoms with Gasteiger partial charge in [-0.05, 0) is 36.6 Å². The van der Waals surface area contributed by atoms with Gasteiger partial charge >= 0.3 is 0 Å². The molecule has 1 N–H and O–H groups in total. The average Bonchev–Trinajstić information content (AvgIpc) is 3.06. The van der Waals surface area contributed by atoms with Gasteiger partial charge in [0, 0.05) is 16.8 Å². The summed E-state index contributed by atoms with van der Waals surface area (Å²) >= 11 is 1.54. The van der Waals surface area contributed by atoms with Gasteiger partial charge in [-0.3, -0.25) is 4.79 Å². The molecule has 1 unspecified atom stereocenters. The second-order valence-electron chi connectivity index (χ2n) is 4.81. The van der Waals surface area contributed by atoms with Crippen molar-refractivity contribution in [3.8, 4) is 0 Å². The van der Waals surface area contributed by atoms with Crippen molar-refractivity contribution in [2.45, 2.75) is 13.0 Å². The molecule has 2 aliphatic heterocycles. The molecule has 0 spiro atoms. The van der Waals surface area contributed by atoms with Crippen molar-refractivity contribution in [1.82, 2.24) is 0 Å². The molecule has 4 rings (SSSR count). The Hall–Kier alpha value is -2.14. The largest absolute Gasteiger partial charge is 0.484 e. The molecule has 100 valence electrons. The third-order valence-corrected chi connectivity index (χ3v) is 4.52. The van der Waals surface area contributed by atoms with Crippen LogP contribution in [-0.4, -0.2) is 5.91 Å². The SMILES string of the molecule is CC1O/C(=C2/C(=O)Nc3ccc(F)cc32)c2sccc21. The summed E-state index contributed by atoms with van der Waals surface area (Å²) in [5.74, 6) is -0.0470. The van der Waals surface area contributed by atoms with Crippen molar-refractivity contribution in [3.05, 3.63) is 51.5 Å². The molecule has 3 heterocycles. The molecule has 0 saturated carbocycles. The number of halogens is 1. The molecule has 2 aliphatic rings. The number of hydrogen-bond donors (Lipinski definition) is 1. The Morgan fingerprint density at radius 2 is 2.20 bits per heavy atom. The number of carbonyl (C=O) groups is 1. The minimum absolute atomic E-state index is 0.0795. The predicted octanol–water partition coefficient (Wildman–Crippen LogP) is 3.80. The fraction of sp³-hybridized carbons (Fsp3) is 0.133. The third-order valence-electron chi connectivity index (χ3n) is 3.59. The van der Waals surface area contributed by atoms with E-state index in [4.69, 9.17) is 4.74 Å². The zero-order chi connectivity index (χ0) is 13.9. The number of hydrogen-bond acceptors (Lipinski definition) is 3. The lowest BCUT2D eigenvalue weighted by molar-refractivity contribution is -0.110. The fourth-order valence-electron chi connectivity index (χ4n) is 2.65. The number of thiophene rings is 1. The molecule has 1 amide bonds. The molecule has 1 aromatic carbocycles. The quantitative estimate of drug-likeness (QED) is 0.748. The summed E-state index contributed by atoms with van der Waals surface area (Å²) in [5, 5.41) is 4.73. The van der Waals surface area contributed by atoms with Gasteiger partial charge in [-0.15, -0.1) is 11.3 Å². The highest BCUT2D eigenvalue weighted by Gasteiger charge is 2.35. The monoisotopic (exact) mass is 287 g/mol. The lowest BCUT2D eigenvalue weighted by atomic mass is 10.0. The van der Waals surface area contributed by atoms with Crippen molar-refractivity contribution < 1.29 is 13.9 Å². The van der Waals surface area contributed by atoms with E-state index in [1.807, 2.05) is 18.4 Å². The molecule has 0 saturated heterocycles. The number of anilines is 1. The van der Waals surface area contributed by atoms with Crippen molar-refractivity contribution in [2.24, 2.45) is 0 Å². The van der Waals surface area contributed by atoms with Crippen LogP contribution in [0.5, 0.6) is 0 Å². The van der Waals surface area contributed by atoms with Gasteiger partial charge in [0.15, 0.2) is 5.76 Å². The van der Waals surface area contributed by atoms with E-state index >= 15 is 0 Å². The Kier molecular flexibility index (Phi) is 2.29. The molecule has 20 heavy (non-hydrogen) atoms. The first-order valence-corrected chi connectivity index (χ1v) is 7.13. The van der Waals surface area contributed by atoms with Crippen molar-refractivity contribution >= 4 is 34.3 Å². The lowest BCUT2D eigenvalue weighted by Gasteiger charge is -2.07. The molecule has 5 heteroatoms. The number of carbonyl (C=O) groups excluding carboxylic acids is 1. The van der Waals surface area contributed by atoms with E-state index in [1.165, 1.54) is 23.5 Å². The van der Waals surface area contributed by atoms with Crippen molar-refractivity contribution in [2.75, 3.05) is 5.32 Å². The second kappa shape index (κ2) is 3.93. The second-order valence-corrected chi connectivity index (χ2v) is 5.73. The maximum absolute atomic E-state index is 13.5. The molecule has 1 aromatic heterocycles. The average molecular weight is 287 g/mol. The predicted molar refractivity (Wildman–Crippen MR) is 75.7 cm³/mol. The maximum atomic E-state index is 13.5. The van der Waals surface area contributed by atoms with E-state index in [1.54, 1.807) is 6.07 Å². The van der Waals surface area contributed by atoms with Crippen LogP contribution >= 0.6 is 11.3 Å². The highest BCUT2D eigenvalue weighted by Crippen LogP contribution is 2.47. The van der Waals surface area contributed by atoms with E-state index in [0.29, 0.717) is 22.6 Å². The molecule has 0 fully saturated rings. The minimum atomic E-state index is -0.365. The molecular weight excluding hydrogens is 277 g/mol. The van der Waals surface area contributed by atoms with Crippen molar-refractivity contribution in [1.29, 1.82) is 0 Å². The van der Waals surface area contributed by atoms with E-state index in [-0.39, 0.29) is 17.8 Å². The van der Waals surface area contributed by atoms with Crippen LogP contribution in [0.1, 0.15) is 29.0 Å². The van der Waals surface area contributed by atoms with Gasteiger partial charge in [-0.25, -0.2) is 4.39 Å². The number of amides is 1. The van der Waals surface area contributed by atoms with Gasteiger partial charge in [0.25, 0.3) is 5.91 Å². The number of rotatable bonds is 0. The zero-order valence-corrected chi connectivity index (χ0v) is 11.4. The van der Waals surface area contributed by atoms with Crippen LogP contribution in [0.3, 0.4) is 0 Å². The Morgan fingerprint density at radius 3 is 3.05 bits per heavy atom. The van der Waals surface area contributed by atoms with E-state index in [9.17, 15) is 9.18 Å². The summed E-state index contributed by atoms with van der Waals surface area (Å²) in [6.45, 7) is 1.94. The van der Waals surface area contributed by atoms with Crippen LogP contribution in [0.25, 0.3) is 11.3 Å². The van der Waals surface area contributed by atoms with Crippen LogP contribution in [0, 0.1) is 5.82 Å². The van der Waals surface area contributed by atoms with E-state index < -0.39 is 0 Å². The summed E-state index contributed by atoms with van der Waals surface area (Å²) in [7, 11) is 0. The molecular formula is C15H10FNO2S. The molecule has 0 radical (unpaired) electrons. The first-order chi connectivity index (χ1) is 9.65. The Morgan fingerprint density at radius 1 is 1.35 bits per heavy atom. The Bertz CT molecular complexity index is 778. The first-order valence-electron chi connectivity index (χ1n) is 6.25. The molecule has 3 nitrogen and oxygen atoms in total. The topological polar surface area (TPSA) is 38.3 Å². The van der Waals surface area contributed by atoms with Crippen LogP contribution in [0.15, 0.2) is 29.6 Å². The van der Waals surface area contributed by atoms with Crippen LogP contribution in [0.4, 0.5) is 10.1 Å². The summed E-state index contributed by atoms with van der Waals surface area (Å²) in [6, 6.07) is 6.28. The van der Waals surface area contributed by atoms with Crippen LogP contribution in [-0.2, 0) is 9.53 Å². The van der Waals surface area contributed by atoms with E-state index in [0.717, 1.165) is 10.4 Å². The number of benzene rings is 1. The van der Waals surface area contributed by atoms with Crippen LogP contribution < -0.4 is 5.32 Å². The molecule has 2 aromatic rings. The van der Waals surface area contributed by atoms with Gasteiger partial charge in [0.2, 0.25) is 0 Å². The number of fused-ring (bicyclic) bond motifs is 2. The normalized spacial score (nSPS) is 23.3. The summed E-state index contributed by atoms with van der Waals surface area (Å²) in [6.07, 6.45) is -0.0795. The summed E-state index contributed by atoms with van der Waals surface area (Å²) in [4.78, 5) is 13.2. The van der Waals surface area contributed by atoms with Gasteiger partial charge in [-0.2, -0.15) is 0 Å². The summed E-state index contributed by atoms with van der Waals surface area (Å²) < 4.78 is 19.3. The molecule has 0 aliphatic carbocycles. The van der Waals surface area contributed by atoms with Gasteiger partial charge in [-0.1, -0.05) is 0 Å². The first kappa shape index (κ1) is 11.7. The van der Waals surface area contributed by atoms with Gasteiger partial charge in [0.1, 0.15) is 11.9 Å². The van der Waals surface area contributed by atoms with Gasteiger partial charge in [0.05, 0.1) is 10.5 Å². The standard InChI is InChI=1S/C15H10FNO2S/c1-7-9-4-5-20-14(9)13(19-7)12-10-6-8(16)2-3-11(10)17-15(12)18/h2-7H,1H3,(H,17,18)/b13-12+.